The number of aryl methyl sites for hydroxylation is 1. The molecule has 1 N–H and O–H groups in total. The number of thioether (sulfide) groups is 1. The molecule has 2 heterocycles. The Hall–Kier alpha value is -1.67. The molecule has 0 unspecified atom stereocenters. The average Bonchev–Trinajstić information content (AvgIpc) is 2.98. The Balaban J connectivity index is 1.72. The minimum absolute atomic E-state index is 0.198. The second-order valence-corrected chi connectivity index (χ2v) is 5.59. The third kappa shape index (κ3) is 3.97. The van der Waals surface area contributed by atoms with Gasteiger partial charge in [0.1, 0.15) is 10.8 Å². The lowest BCUT2D eigenvalue weighted by Crippen LogP contribution is -2.19. The fraction of sp³-hybridized carbons (Fsp3) is 0.200. The van der Waals surface area contributed by atoms with Gasteiger partial charge in [-0.05, 0) is 19.1 Å². The van der Waals surface area contributed by atoms with Gasteiger partial charge >= 0.3 is 0 Å². The number of nitrogens with one attached hydrogen (secondary N) is 1. The highest BCUT2D eigenvalue weighted by atomic mass is 32.2. The molecule has 2 aromatic rings. The van der Waals surface area contributed by atoms with Crippen LogP contribution in [0, 0.1) is 6.92 Å². The highest BCUT2D eigenvalue weighted by Crippen LogP contribution is 2.21. The summed E-state index contributed by atoms with van der Waals surface area (Å²) in [6.07, 6.45) is 2.98. The van der Waals surface area contributed by atoms with Crippen molar-refractivity contribution >= 4 is 35.2 Å². The standard InChI is InChI=1S/C10H10N4O2S2/c1-7-12-14-10(18-7)17-6-9(15)13-11-5-8-3-2-4-16-8/h2-5H,6H2,1H3,(H,13,15)/b11-5+. The molecule has 2 aromatic heterocycles. The minimum atomic E-state index is -0.198. The summed E-state index contributed by atoms with van der Waals surface area (Å²) in [5.41, 5.74) is 2.40. The smallest absolute Gasteiger partial charge is 0.250 e. The number of hydrazone groups is 1. The number of nitrogens with zero attached hydrogens (tertiary/aromatic N) is 3. The molecule has 0 bridgehead atoms. The van der Waals surface area contributed by atoms with Gasteiger partial charge in [0.15, 0.2) is 4.34 Å². The number of amides is 1. The maximum absolute atomic E-state index is 11.4. The molecule has 0 atom stereocenters. The number of furan rings is 1. The Bertz CT molecular complexity index is 536. The van der Waals surface area contributed by atoms with Crippen LogP contribution >= 0.6 is 23.1 Å². The van der Waals surface area contributed by atoms with E-state index in [2.05, 4.69) is 20.7 Å². The van der Waals surface area contributed by atoms with E-state index in [9.17, 15) is 4.79 Å². The van der Waals surface area contributed by atoms with Crippen LogP contribution in [0.4, 0.5) is 0 Å². The monoisotopic (exact) mass is 282 g/mol. The van der Waals surface area contributed by atoms with Crippen LogP contribution in [0.25, 0.3) is 0 Å². The zero-order valence-electron chi connectivity index (χ0n) is 9.49. The Morgan fingerprint density at radius 2 is 2.56 bits per heavy atom. The predicted molar refractivity (Wildman–Crippen MR) is 69.8 cm³/mol. The van der Waals surface area contributed by atoms with E-state index in [1.807, 2.05) is 6.92 Å². The number of rotatable bonds is 5. The van der Waals surface area contributed by atoms with Crippen molar-refractivity contribution in [3.05, 3.63) is 29.2 Å². The first kappa shape index (κ1) is 12.8. The first-order valence-corrected chi connectivity index (χ1v) is 6.82. The second-order valence-electron chi connectivity index (χ2n) is 3.18. The van der Waals surface area contributed by atoms with Gasteiger partial charge in [-0.25, -0.2) is 5.43 Å². The minimum Gasteiger partial charge on any atom is -0.463 e. The van der Waals surface area contributed by atoms with Gasteiger partial charge in [-0.1, -0.05) is 23.1 Å². The highest BCUT2D eigenvalue weighted by Gasteiger charge is 2.05. The summed E-state index contributed by atoms with van der Waals surface area (Å²) in [7, 11) is 0. The Labute approximate surface area is 111 Å². The van der Waals surface area contributed by atoms with E-state index < -0.39 is 0 Å². The van der Waals surface area contributed by atoms with E-state index >= 15 is 0 Å². The van der Waals surface area contributed by atoms with Gasteiger partial charge in [-0.15, -0.1) is 10.2 Å². The SMILES string of the molecule is Cc1nnc(SCC(=O)N/N=C/c2ccco2)s1. The van der Waals surface area contributed by atoms with Crippen molar-refractivity contribution in [1.29, 1.82) is 0 Å². The molecule has 0 radical (unpaired) electrons. The Kier molecular flexibility index (Phi) is 4.48. The van der Waals surface area contributed by atoms with Crippen LogP contribution in [0.1, 0.15) is 10.8 Å². The van der Waals surface area contributed by atoms with E-state index in [1.54, 1.807) is 12.1 Å². The summed E-state index contributed by atoms with van der Waals surface area (Å²) >= 11 is 2.79. The molecule has 94 valence electrons. The molecule has 0 spiro atoms. The van der Waals surface area contributed by atoms with Gasteiger partial charge in [-0.2, -0.15) is 5.10 Å². The lowest BCUT2D eigenvalue weighted by Gasteiger charge is -1.96. The molecule has 18 heavy (non-hydrogen) atoms. The van der Waals surface area contributed by atoms with Crippen LogP contribution < -0.4 is 5.43 Å². The van der Waals surface area contributed by atoms with Crippen molar-refractivity contribution in [2.45, 2.75) is 11.3 Å². The normalized spacial score (nSPS) is 10.9. The van der Waals surface area contributed by atoms with E-state index in [4.69, 9.17) is 4.42 Å². The molecule has 0 aliphatic heterocycles. The van der Waals surface area contributed by atoms with Gasteiger partial charge < -0.3 is 4.42 Å². The summed E-state index contributed by atoms with van der Waals surface area (Å²) in [6, 6.07) is 3.49. The highest BCUT2D eigenvalue weighted by molar-refractivity contribution is 8.01. The van der Waals surface area contributed by atoms with Crippen molar-refractivity contribution < 1.29 is 9.21 Å². The predicted octanol–water partition coefficient (Wildman–Crippen LogP) is 1.68. The van der Waals surface area contributed by atoms with E-state index in [0.29, 0.717) is 5.76 Å². The average molecular weight is 282 g/mol. The largest absolute Gasteiger partial charge is 0.463 e. The maximum atomic E-state index is 11.4. The van der Waals surface area contributed by atoms with Crippen LogP contribution in [0.2, 0.25) is 0 Å². The maximum Gasteiger partial charge on any atom is 0.250 e. The summed E-state index contributed by atoms with van der Waals surface area (Å²) in [4.78, 5) is 11.4. The van der Waals surface area contributed by atoms with Crippen LogP contribution in [0.5, 0.6) is 0 Å². The lowest BCUT2D eigenvalue weighted by atomic mass is 10.5. The number of carbonyl (C=O) groups excluding carboxylic acids is 1. The Morgan fingerprint density at radius 3 is 3.22 bits per heavy atom. The fourth-order valence-corrected chi connectivity index (χ4v) is 2.64. The summed E-state index contributed by atoms with van der Waals surface area (Å²) < 4.78 is 5.80. The molecular weight excluding hydrogens is 272 g/mol. The van der Waals surface area contributed by atoms with Crippen LogP contribution in [0.15, 0.2) is 32.3 Å². The number of hydrogen-bond donors (Lipinski definition) is 1. The van der Waals surface area contributed by atoms with Crippen molar-refractivity contribution in [1.82, 2.24) is 15.6 Å². The van der Waals surface area contributed by atoms with Gasteiger partial charge in [-0.3, -0.25) is 4.79 Å². The fourth-order valence-electron chi connectivity index (χ4n) is 1.03. The quantitative estimate of drug-likeness (QED) is 0.512. The topological polar surface area (TPSA) is 80.4 Å². The van der Waals surface area contributed by atoms with E-state index in [-0.39, 0.29) is 11.7 Å². The third-order valence-electron chi connectivity index (χ3n) is 1.76. The van der Waals surface area contributed by atoms with Crippen LogP contribution in [-0.4, -0.2) is 28.1 Å². The van der Waals surface area contributed by atoms with Gasteiger partial charge in [0.25, 0.3) is 5.91 Å². The summed E-state index contributed by atoms with van der Waals surface area (Å²) in [6.45, 7) is 1.87. The molecule has 0 aliphatic carbocycles. The summed E-state index contributed by atoms with van der Waals surface area (Å²) in [5.74, 6) is 0.641. The van der Waals surface area contributed by atoms with Crippen LogP contribution in [-0.2, 0) is 4.79 Å². The molecular formula is C10H10N4O2S2. The zero-order chi connectivity index (χ0) is 12.8. The van der Waals surface area contributed by atoms with E-state index in [1.165, 1.54) is 35.6 Å². The third-order valence-corrected chi connectivity index (χ3v) is 3.73. The zero-order valence-corrected chi connectivity index (χ0v) is 11.1. The Morgan fingerprint density at radius 1 is 1.67 bits per heavy atom. The molecule has 0 fully saturated rings. The molecule has 0 aromatic carbocycles. The second kappa shape index (κ2) is 6.31. The lowest BCUT2D eigenvalue weighted by molar-refractivity contribution is -0.118. The molecule has 2 rings (SSSR count). The van der Waals surface area contributed by atoms with Gasteiger partial charge in [0.2, 0.25) is 0 Å². The molecule has 1 amide bonds. The van der Waals surface area contributed by atoms with E-state index in [0.717, 1.165) is 9.35 Å². The first-order chi connectivity index (χ1) is 8.74. The van der Waals surface area contributed by atoms with Crippen molar-refractivity contribution in [2.24, 2.45) is 5.10 Å². The molecule has 6 nitrogen and oxygen atoms in total. The van der Waals surface area contributed by atoms with Crippen molar-refractivity contribution in [3.63, 3.8) is 0 Å². The molecule has 0 aliphatic rings. The van der Waals surface area contributed by atoms with Crippen LogP contribution in [0.3, 0.4) is 0 Å². The molecule has 0 saturated carbocycles. The number of hydrogen-bond acceptors (Lipinski definition) is 7. The van der Waals surface area contributed by atoms with Crippen molar-refractivity contribution in [3.8, 4) is 0 Å². The van der Waals surface area contributed by atoms with Gasteiger partial charge in [0.05, 0.1) is 18.2 Å². The first-order valence-electron chi connectivity index (χ1n) is 5.02. The molecule has 8 heteroatoms. The molecule has 0 saturated heterocycles. The van der Waals surface area contributed by atoms with Gasteiger partial charge in [0, 0.05) is 0 Å². The summed E-state index contributed by atoms with van der Waals surface area (Å²) in [5, 5.41) is 12.4. The number of carbonyl (C=O) groups is 1. The van der Waals surface area contributed by atoms with Crippen molar-refractivity contribution in [2.75, 3.05) is 5.75 Å². The number of aromatic nitrogens is 2.